The fraction of sp³-hybridized carbons (Fsp3) is 0.0625. The number of aromatic nitrogens is 2. The van der Waals surface area contributed by atoms with Gasteiger partial charge in [-0.1, -0.05) is 51.4 Å². The zero-order valence-corrected chi connectivity index (χ0v) is 12.5. The van der Waals surface area contributed by atoms with Crippen LogP contribution in [0.5, 0.6) is 0 Å². The van der Waals surface area contributed by atoms with Crippen LogP contribution in [0.4, 0.5) is 0 Å². The van der Waals surface area contributed by atoms with Gasteiger partial charge in [0.15, 0.2) is 0 Å². The quantitative estimate of drug-likeness (QED) is 0.716. The van der Waals surface area contributed by atoms with Gasteiger partial charge >= 0.3 is 0 Å². The van der Waals surface area contributed by atoms with Crippen molar-refractivity contribution in [3.05, 3.63) is 58.6 Å². The number of rotatable bonds is 3. The van der Waals surface area contributed by atoms with Crippen LogP contribution < -0.4 is 0 Å². The fourth-order valence-corrected chi connectivity index (χ4v) is 2.52. The highest BCUT2D eigenvalue weighted by molar-refractivity contribution is 9.10. The third kappa shape index (κ3) is 2.71. The molecule has 0 radical (unpaired) electrons. The predicted molar refractivity (Wildman–Crippen MR) is 82.2 cm³/mol. The molecule has 0 saturated carbocycles. The Labute approximate surface area is 130 Å². The summed E-state index contributed by atoms with van der Waals surface area (Å²) < 4.78 is 6.26. The molecule has 0 N–H and O–H groups in total. The Kier molecular flexibility index (Phi) is 3.80. The number of nitrogens with zero attached hydrogens (tertiary/aromatic N) is 3. The molecule has 0 unspecified atom stereocenters. The first-order valence-electron chi connectivity index (χ1n) is 6.33. The molecule has 0 atom stereocenters. The molecule has 0 spiro atoms. The fourth-order valence-electron chi connectivity index (χ4n) is 2.05. The van der Waals surface area contributed by atoms with Crippen LogP contribution in [0.1, 0.15) is 5.56 Å². The third-order valence-electron chi connectivity index (χ3n) is 3.06. The summed E-state index contributed by atoms with van der Waals surface area (Å²) in [5.74, 6) is 0.941. The summed E-state index contributed by atoms with van der Waals surface area (Å²) in [7, 11) is 0. The smallest absolute Gasteiger partial charge is 0.258 e. The molecule has 0 fully saturated rings. The Morgan fingerprint density at radius 3 is 2.52 bits per heavy atom. The molecule has 3 rings (SSSR count). The molecular formula is C16H10BrN3O. The van der Waals surface area contributed by atoms with Crippen LogP contribution in [0, 0.1) is 11.3 Å². The van der Waals surface area contributed by atoms with Crippen molar-refractivity contribution in [3.63, 3.8) is 0 Å². The maximum absolute atomic E-state index is 8.89. The van der Waals surface area contributed by atoms with E-state index in [0.29, 0.717) is 18.1 Å². The van der Waals surface area contributed by atoms with Gasteiger partial charge in [0.25, 0.3) is 5.89 Å². The van der Waals surface area contributed by atoms with E-state index in [9.17, 15) is 0 Å². The second-order valence-corrected chi connectivity index (χ2v) is 5.25. The zero-order chi connectivity index (χ0) is 14.7. The predicted octanol–water partition coefficient (Wildman–Crippen LogP) is 4.23. The minimum absolute atomic E-state index is 0.308. The molecule has 0 saturated heterocycles. The highest BCUT2D eigenvalue weighted by Gasteiger charge is 2.14. The van der Waals surface area contributed by atoms with Gasteiger partial charge in [-0.2, -0.15) is 10.2 Å². The summed E-state index contributed by atoms with van der Waals surface area (Å²) in [5.41, 5.74) is 2.54. The lowest BCUT2D eigenvalue weighted by atomic mass is 10.1. The Morgan fingerprint density at radius 2 is 1.76 bits per heavy atom. The molecule has 4 nitrogen and oxygen atoms in total. The monoisotopic (exact) mass is 339 g/mol. The Bertz CT molecular complexity index is 820. The first-order valence-corrected chi connectivity index (χ1v) is 7.12. The zero-order valence-electron chi connectivity index (χ0n) is 11.0. The summed E-state index contributed by atoms with van der Waals surface area (Å²) in [5, 5.41) is 12.9. The van der Waals surface area contributed by atoms with Gasteiger partial charge in [-0.05, 0) is 23.8 Å². The van der Waals surface area contributed by atoms with Gasteiger partial charge < -0.3 is 4.52 Å². The maximum atomic E-state index is 8.89. The van der Waals surface area contributed by atoms with E-state index in [2.05, 4.69) is 32.1 Å². The minimum atomic E-state index is 0.308. The molecule has 3 aromatic rings. The van der Waals surface area contributed by atoms with Crippen molar-refractivity contribution < 1.29 is 4.52 Å². The number of nitriles is 1. The average molecular weight is 340 g/mol. The van der Waals surface area contributed by atoms with E-state index in [1.54, 1.807) is 0 Å². The van der Waals surface area contributed by atoms with E-state index in [1.807, 2.05) is 48.5 Å². The van der Waals surface area contributed by atoms with E-state index in [1.165, 1.54) is 0 Å². The molecule has 21 heavy (non-hydrogen) atoms. The van der Waals surface area contributed by atoms with Gasteiger partial charge in [-0.3, -0.25) is 0 Å². The lowest BCUT2D eigenvalue weighted by molar-refractivity contribution is 0.432. The van der Waals surface area contributed by atoms with Gasteiger partial charge in [0.2, 0.25) is 5.82 Å². The van der Waals surface area contributed by atoms with Crippen LogP contribution >= 0.6 is 15.9 Å². The number of halogens is 1. The van der Waals surface area contributed by atoms with Crippen LogP contribution in [0.3, 0.4) is 0 Å². The van der Waals surface area contributed by atoms with Gasteiger partial charge in [-0.25, -0.2) is 0 Å². The van der Waals surface area contributed by atoms with Crippen LogP contribution in [-0.4, -0.2) is 10.1 Å². The van der Waals surface area contributed by atoms with Crippen LogP contribution in [0.25, 0.3) is 22.8 Å². The first kappa shape index (κ1) is 13.5. The van der Waals surface area contributed by atoms with E-state index in [-0.39, 0.29) is 0 Å². The van der Waals surface area contributed by atoms with Crippen molar-refractivity contribution in [1.29, 1.82) is 5.26 Å². The van der Waals surface area contributed by atoms with Crippen molar-refractivity contribution >= 4 is 15.9 Å². The molecule has 5 heteroatoms. The molecule has 1 heterocycles. The highest BCUT2D eigenvalue weighted by Crippen LogP contribution is 2.29. The SMILES string of the molecule is N#CCc1ccccc1-c1nc(-c2ccccc2Br)no1. The Hall–Kier alpha value is -2.45. The van der Waals surface area contributed by atoms with E-state index in [0.717, 1.165) is 21.2 Å². The Morgan fingerprint density at radius 1 is 1.05 bits per heavy atom. The molecule has 0 bridgehead atoms. The number of hydrogen-bond acceptors (Lipinski definition) is 4. The summed E-state index contributed by atoms with van der Waals surface area (Å²) in [4.78, 5) is 4.44. The molecule has 2 aromatic carbocycles. The van der Waals surface area contributed by atoms with Crippen molar-refractivity contribution in [2.24, 2.45) is 0 Å². The molecule has 0 aliphatic heterocycles. The average Bonchev–Trinajstić information content (AvgIpc) is 2.98. The van der Waals surface area contributed by atoms with Crippen molar-refractivity contribution in [2.75, 3.05) is 0 Å². The van der Waals surface area contributed by atoms with Crippen LogP contribution in [-0.2, 0) is 6.42 Å². The second-order valence-electron chi connectivity index (χ2n) is 4.40. The molecular weight excluding hydrogens is 330 g/mol. The molecule has 0 aliphatic rings. The molecule has 0 aliphatic carbocycles. The van der Waals surface area contributed by atoms with E-state index >= 15 is 0 Å². The van der Waals surface area contributed by atoms with Gasteiger partial charge in [-0.15, -0.1) is 0 Å². The summed E-state index contributed by atoms with van der Waals surface area (Å²) in [6, 6.07) is 17.4. The topological polar surface area (TPSA) is 62.7 Å². The summed E-state index contributed by atoms with van der Waals surface area (Å²) in [6.45, 7) is 0. The Balaban J connectivity index is 2.04. The van der Waals surface area contributed by atoms with Gasteiger partial charge in [0, 0.05) is 15.6 Å². The standard InChI is InChI=1S/C16H10BrN3O/c17-14-8-4-3-7-13(14)15-19-16(21-20-15)12-6-2-1-5-11(12)9-10-18/h1-8H,9H2. The maximum Gasteiger partial charge on any atom is 0.258 e. The normalized spacial score (nSPS) is 10.3. The minimum Gasteiger partial charge on any atom is -0.334 e. The molecule has 1 aromatic heterocycles. The van der Waals surface area contributed by atoms with Crippen molar-refractivity contribution in [1.82, 2.24) is 10.1 Å². The first-order chi connectivity index (χ1) is 10.3. The molecule has 102 valence electrons. The van der Waals surface area contributed by atoms with Crippen molar-refractivity contribution in [3.8, 4) is 28.9 Å². The van der Waals surface area contributed by atoms with Crippen LogP contribution in [0.15, 0.2) is 57.5 Å². The summed E-state index contributed by atoms with van der Waals surface area (Å²) in [6.07, 6.45) is 0.308. The van der Waals surface area contributed by atoms with Crippen molar-refractivity contribution in [2.45, 2.75) is 6.42 Å². The number of benzene rings is 2. The lowest BCUT2D eigenvalue weighted by Gasteiger charge is -2.00. The van der Waals surface area contributed by atoms with Crippen LogP contribution in [0.2, 0.25) is 0 Å². The number of hydrogen-bond donors (Lipinski definition) is 0. The summed E-state index contributed by atoms with van der Waals surface area (Å²) >= 11 is 3.47. The molecule has 0 amide bonds. The largest absolute Gasteiger partial charge is 0.334 e. The lowest BCUT2D eigenvalue weighted by Crippen LogP contribution is -1.88. The second kappa shape index (κ2) is 5.90. The van der Waals surface area contributed by atoms with E-state index < -0.39 is 0 Å². The van der Waals surface area contributed by atoms with E-state index in [4.69, 9.17) is 9.78 Å². The van der Waals surface area contributed by atoms with Gasteiger partial charge in [0.1, 0.15) is 0 Å². The third-order valence-corrected chi connectivity index (χ3v) is 3.75. The highest BCUT2D eigenvalue weighted by atomic mass is 79.9. The van der Waals surface area contributed by atoms with Gasteiger partial charge in [0.05, 0.1) is 12.5 Å².